The van der Waals surface area contributed by atoms with Gasteiger partial charge in [-0.25, -0.2) is 4.39 Å². The van der Waals surface area contributed by atoms with Gasteiger partial charge >= 0.3 is 0 Å². The van der Waals surface area contributed by atoms with Gasteiger partial charge in [-0.15, -0.1) is 0 Å². The van der Waals surface area contributed by atoms with Crippen molar-refractivity contribution in [3.05, 3.63) is 35.2 Å². The van der Waals surface area contributed by atoms with Crippen molar-refractivity contribution in [1.82, 2.24) is 4.98 Å². The summed E-state index contributed by atoms with van der Waals surface area (Å²) in [6, 6.07) is 3.87. The van der Waals surface area contributed by atoms with E-state index in [9.17, 15) is 4.39 Å². The van der Waals surface area contributed by atoms with Gasteiger partial charge in [-0.05, 0) is 18.2 Å². The minimum Gasteiger partial charge on any atom is -0.506 e. The summed E-state index contributed by atoms with van der Waals surface area (Å²) in [4.78, 5) is 3.87. The Morgan fingerprint density at radius 3 is 2.85 bits per heavy atom. The summed E-state index contributed by atoms with van der Waals surface area (Å²) in [5.41, 5.74) is 0.487. The second-order valence-electron chi connectivity index (χ2n) is 2.65. The van der Waals surface area contributed by atoms with Gasteiger partial charge in [-0.2, -0.15) is 0 Å². The molecule has 1 heterocycles. The Bertz CT molecular complexity index is 467. The summed E-state index contributed by atoms with van der Waals surface area (Å²) >= 11 is 5.73. The van der Waals surface area contributed by atoms with Gasteiger partial charge in [0.05, 0.1) is 16.7 Å². The molecule has 0 fully saturated rings. The lowest BCUT2D eigenvalue weighted by Gasteiger charge is -2.00. The Kier molecular flexibility index (Phi) is 1.81. The van der Waals surface area contributed by atoms with E-state index in [1.807, 2.05) is 0 Å². The summed E-state index contributed by atoms with van der Waals surface area (Å²) in [5, 5.41) is 9.82. The van der Waals surface area contributed by atoms with E-state index in [0.29, 0.717) is 10.9 Å². The van der Waals surface area contributed by atoms with Crippen molar-refractivity contribution in [2.24, 2.45) is 0 Å². The van der Waals surface area contributed by atoms with Crippen LogP contribution in [0, 0.1) is 5.82 Å². The smallest absolute Gasteiger partial charge is 0.134 e. The van der Waals surface area contributed by atoms with Crippen molar-refractivity contribution in [1.29, 1.82) is 0 Å². The van der Waals surface area contributed by atoms with Crippen LogP contribution in [0.5, 0.6) is 5.75 Å². The monoisotopic (exact) mass is 197 g/mol. The second-order valence-corrected chi connectivity index (χ2v) is 3.06. The number of halogens is 2. The van der Waals surface area contributed by atoms with E-state index < -0.39 is 5.82 Å². The first-order valence-electron chi connectivity index (χ1n) is 3.60. The van der Waals surface area contributed by atoms with Crippen molar-refractivity contribution < 1.29 is 9.50 Å². The van der Waals surface area contributed by atoms with Crippen LogP contribution in [0.25, 0.3) is 10.9 Å². The quantitative estimate of drug-likeness (QED) is 0.705. The maximum atomic E-state index is 12.8. The summed E-state index contributed by atoms with van der Waals surface area (Å²) < 4.78 is 12.8. The third kappa shape index (κ3) is 1.42. The summed E-state index contributed by atoms with van der Waals surface area (Å²) in [5.74, 6) is -0.445. The molecule has 0 aliphatic rings. The number of aromatic hydroxyl groups is 1. The number of hydrogen-bond acceptors (Lipinski definition) is 2. The number of pyridine rings is 1. The Morgan fingerprint density at radius 1 is 1.31 bits per heavy atom. The third-order valence-corrected chi connectivity index (χ3v) is 1.98. The van der Waals surface area contributed by atoms with Gasteiger partial charge in [-0.1, -0.05) is 11.6 Å². The molecule has 0 saturated carbocycles. The Labute approximate surface area is 78.6 Å². The maximum absolute atomic E-state index is 12.8. The Hall–Kier alpha value is -1.35. The van der Waals surface area contributed by atoms with Crippen molar-refractivity contribution in [3.8, 4) is 5.75 Å². The highest BCUT2D eigenvalue weighted by Gasteiger charge is 2.03. The molecule has 13 heavy (non-hydrogen) atoms. The molecule has 0 aliphatic carbocycles. The molecule has 0 unspecified atom stereocenters. The predicted molar refractivity (Wildman–Crippen MR) is 48.4 cm³/mol. The minimum absolute atomic E-state index is 0.00540. The molecule has 1 aromatic heterocycles. The molecule has 0 aliphatic heterocycles. The third-order valence-electron chi connectivity index (χ3n) is 1.69. The average molecular weight is 198 g/mol. The first kappa shape index (κ1) is 8.26. The molecule has 0 atom stereocenters. The van der Waals surface area contributed by atoms with E-state index in [1.54, 1.807) is 0 Å². The molecular formula is C9H5ClFNO. The number of hydrogen-bond donors (Lipinski definition) is 1. The Morgan fingerprint density at radius 2 is 2.08 bits per heavy atom. The number of nitrogens with zero attached hydrogens (tertiary/aromatic N) is 1. The maximum Gasteiger partial charge on any atom is 0.134 e. The van der Waals surface area contributed by atoms with Gasteiger partial charge in [0.15, 0.2) is 0 Å². The number of fused-ring (bicyclic) bond motifs is 1. The zero-order valence-electron chi connectivity index (χ0n) is 6.46. The highest BCUT2D eigenvalue weighted by atomic mass is 35.5. The zero-order chi connectivity index (χ0) is 9.42. The lowest BCUT2D eigenvalue weighted by molar-refractivity contribution is 0.474. The Balaban J connectivity index is 2.86. The fourth-order valence-electron chi connectivity index (χ4n) is 1.16. The number of benzene rings is 1. The van der Waals surface area contributed by atoms with Gasteiger partial charge in [0, 0.05) is 5.39 Å². The van der Waals surface area contributed by atoms with Crippen molar-refractivity contribution in [2.75, 3.05) is 0 Å². The first-order valence-corrected chi connectivity index (χ1v) is 3.98. The molecule has 0 amide bonds. The van der Waals surface area contributed by atoms with Crippen molar-refractivity contribution in [2.45, 2.75) is 0 Å². The molecule has 66 valence electrons. The zero-order valence-corrected chi connectivity index (χ0v) is 7.22. The van der Waals surface area contributed by atoms with Crippen LogP contribution in [-0.4, -0.2) is 10.1 Å². The fraction of sp³-hybridized carbons (Fsp3) is 0. The van der Waals surface area contributed by atoms with E-state index in [0.717, 1.165) is 0 Å². The molecule has 1 aromatic carbocycles. The predicted octanol–water partition coefficient (Wildman–Crippen LogP) is 2.73. The van der Waals surface area contributed by atoms with Gasteiger partial charge < -0.3 is 5.11 Å². The van der Waals surface area contributed by atoms with Crippen LogP contribution in [0.4, 0.5) is 4.39 Å². The highest BCUT2D eigenvalue weighted by molar-refractivity contribution is 6.35. The van der Waals surface area contributed by atoms with Crippen LogP contribution in [0.3, 0.4) is 0 Å². The van der Waals surface area contributed by atoms with Crippen LogP contribution >= 0.6 is 11.6 Å². The molecule has 2 nitrogen and oxygen atoms in total. The van der Waals surface area contributed by atoms with Crippen LogP contribution in [0.15, 0.2) is 24.4 Å². The van der Waals surface area contributed by atoms with Crippen molar-refractivity contribution in [3.63, 3.8) is 0 Å². The topological polar surface area (TPSA) is 33.1 Å². The molecule has 4 heteroatoms. The molecule has 2 aromatic rings. The standard InChI is InChI=1S/C9H5ClFNO/c10-8-3-6(11)1-5-2-7(13)4-12-9(5)8/h1-4,13H. The first-order chi connectivity index (χ1) is 6.16. The minimum atomic E-state index is -0.440. The van der Waals surface area contributed by atoms with Crippen LogP contribution in [0.2, 0.25) is 5.02 Å². The molecule has 0 radical (unpaired) electrons. The van der Waals surface area contributed by atoms with E-state index in [-0.39, 0.29) is 10.8 Å². The van der Waals surface area contributed by atoms with Crippen LogP contribution < -0.4 is 0 Å². The normalized spacial score (nSPS) is 10.6. The fourth-order valence-corrected chi connectivity index (χ4v) is 1.42. The molecule has 0 bridgehead atoms. The van der Waals surface area contributed by atoms with Gasteiger partial charge in [0.2, 0.25) is 0 Å². The van der Waals surface area contributed by atoms with Gasteiger partial charge in [0.25, 0.3) is 0 Å². The number of aromatic nitrogens is 1. The molecular weight excluding hydrogens is 193 g/mol. The molecule has 1 N–H and O–H groups in total. The van der Waals surface area contributed by atoms with E-state index in [2.05, 4.69) is 4.98 Å². The van der Waals surface area contributed by atoms with Crippen LogP contribution in [-0.2, 0) is 0 Å². The summed E-state index contributed by atoms with van der Waals surface area (Å²) in [7, 11) is 0. The molecule has 2 rings (SSSR count). The van der Waals surface area contributed by atoms with E-state index in [4.69, 9.17) is 16.7 Å². The lowest BCUT2D eigenvalue weighted by Crippen LogP contribution is -1.82. The number of rotatable bonds is 0. The lowest BCUT2D eigenvalue weighted by atomic mass is 10.2. The largest absolute Gasteiger partial charge is 0.506 e. The molecule has 0 saturated heterocycles. The van der Waals surface area contributed by atoms with Gasteiger partial charge in [0.1, 0.15) is 11.6 Å². The van der Waals surface area contributed by atoms with E-state index >= 15 is 0 Å². The van der Waals surface area contributed by atoms with Gasteiger partial charge in [-0.3, -0.25) is 4.98 Å². The SMILES string of the molecule is Oc1cnc2c(Cl)cc(F)cc2c1. The van der Waals surface area contributed by atoms with Crippen molar-refractivity contribution >= 4 is 22.5 Å². The summed E-state index contributed by atoms with van der Waals surface area (Å²) in [6.45, 7) is 0. The second kappa shape index (κ2) is 2.85. The summed E-state index contributed by atoms with van der Waals surface area (Å²) in [6.07, 6.45) is 1.27. The highest BCUT2D eigenvalue weighted by Crippen LogP contribution is 2.25. The molecule has 0 spiro atoms. The van der Waals surface area contributed by atoms with E-state index in [1.165, 1.54) is 24.4 Å². The average Bonchev–Trinajstić information content (AvgIpc) is 2.02. The van der Waals surface area contributed by atoms with Crippen LogP contribution in [0.1, 0.15) is 0 Å².